The van der Waals surface area contributed by atoms with Crippen LogP contribution in [0.2, 0.25) is 0 Å². The molecule has 3 heterocycles. The molecule has 0 saturated carbocycles. The number of amides is 2. The molecule has 2 aliphatic rings. The van der Waals surface area contributed by atoms with E-state index in [4.69, 9.17) is 14.2 Å². The van der Waals surface area contributed by atoms with Crippen LogP contribution in [-0.2, 0) is 9.47 Å². The molecule has 2 N–H and O–H groups in total. The molecular formula is C29H37N5O5. The summed E-state index contributed by atoms with van der Waals surface area (Å²) in [4.78, 5) is 29.1. The number of nitrogens with one attached hydrogen (secondary N) is 2. The molecule has 2 amide bonds. The van der Waals surface area contributed by atoms with Crippen molar-refractivity contribution in [1.82, 2.24) is 20.4 Å². The van der Waals surface area contributed by atoms with E-state index >= 15 is 0 Å². The highest BCUT2D eigenvalue weighted by molar-refractivity contribution is 6.01. The monoisotopic (exact) mass is 535 g/mol. The number of rotatable bonds is 6. The molecule has 208 valence electrons. The van der Waals surface area contributed by atoms with E-state index in [9.17, 15) is 9.59 Å². The minimum absolute atomic E-state index is 0.0939. The molecule has 0 radical (unpaired) electrons. The first-order valence-electron chi connectivity index (χ1n) is 13.6. The van der Waals surface area contributed by atoms with Crippen LogP contribution in [0.1, 0.15) is 42.7 Å². The van der Waals surface area contributed by atoms with Crippen molar-refractivity contribution in [2.45, 2.75) is 45.8 Å². The second-order valence-electron chi connectivity index (χ2n) is 10.4. The van der Waals surface area contributed by atoms with Gasteiger partial charge >= 0.3 is 6.09 Å². The Labute approximate surface area is 228 Å². The predicted molar refractivity (Wildman–Crippen MR) is 150 cm³/mol. The first kappa shape index (κ1) is 26.8. The Bertz CT molecular complexity index is 1340. The van der Waals surface area contributed by atoms with Gasteiger partial charge in [0.1, 0.15) is 11.9 Å². The van der Waals surface area contributed by atoms with Gasteiger partial charge in [-0.2, -0.15) is 5.10 Å². The lowest BCUT2D eigenvalue weighted by molar-refractivity contribution is 0.0262. The van der Waals surface area contributed by atoms with Gasteiger partial charge in [0.05, 0.1) is 41.5 Å². The maximum absolute atomic E-state index is 12.8. The smallest absolute Gasteiger partial charge is 0.410 e. The van der Waals surface area contributed by atoms with Gasteiger partial charge in [0.2, 0.25) is 0 Å². The van der Waals surface area contributed by atoms with Crippen LogP contribution >= 0.6 is 0 Å². The van der Waals surface area contributed by atoms with Crippen LogP contribution in [0.15, 0.2) is 30.3 Å². The third-order valence-electron chi connectivity index (χ3n) is 7.28. The van der Waals surface area contributed by atoms with E-state index in [1.54, 1.807) is 11.9 Å². The number of aryl methyl sites for hydroxylation is 1. The van der Waals surface area contributed by atoms with E-state index in [-0.39, 0.29) is 24.2 Å². The predicted octanol–water partition coefficient (Wildman–Crippen LogP) is 4.12. The Balaban J connectivity index is 1.47. The van der Waals surface area contributed by atoms with Crippen LogP contribution in [-0.4, -0.2) is 85.7 Å². The number of benzene rings is 2. The first-order valence-corrected chi connectivity index (χ1v) is 13.6. The van der Waals surface area contributed by atoms with Gasteiger partial charge in [-0.3, -0.25) is 9.89 Å². The molecule has 10 nitrogen and oxygen atoms in total. The molecule has 2 saturated heterocycles. The maximum atomic E-state index is 12.8. The van der Waals surface area contributed by atoms with Crippen molar-refractivity contribution in [2.24, 2.45) is 0 Å². The Morgan fingerprint density at radius 1 is 1.08 bits per heavy atom. The van der Waals surface area contributed by atoms with Crippen molar-refractivity contribution >= 4 is 28.6 Å². The van der Waals surface area contributed by atoms with Crippen LogP contribution in [0.4, 0.5) is 10.5 Å². The number of H-pyrrole nitrogens is 1. The summed E-state index contributed by atoms with van der Waals surface area (Å²) >= 11 is 0. The summed E-state index contributed by atoms with van der Waals surface area (Å²) in [6.07, 6.45) is 1.33. The lowest BCUT2D eigenvalue weighted by atomic mass is 9.99. The maximum Gasteiger partial charge on any atom is 0.410 e. The fourth-order valence-corrected chi connectivity index (χ4v) is 5.20. The van der Waals surface area contributed by atoms with Crippen LogP contribution in [0.25, 0.3) is 22.0 Å². The minimum Gasteiger partial charge on any atom is -0.489 e. The Kier molecular flexibility index (Phi) is 7.92. The van der Waals surface area contributed by atoms with Gasteiger partial charge in [-0.1, -0.05) is 6.07 Å². The van der Waals surface area contributed by atoms with Crippen LogP contribution in [0, 0.1) is 6.92 Å². The lowest BCUT2D eigenvalue weighted by Crippen LogP contribution is -2.49. The molecule has 2 fully saturated rings. The highest BCUT2D eigenvalue weighted by Crippen LogP contribution is 2.37. The quantitative estimate of drug-likeness (QED) is 0.489. The van der Waals surface area contributed by atoms with Gasteiger partial charge in [0, 0.05) is 51.8 Å². The Hall–Kier alpha value is -3.79. The van der Waals surface area contributed by atoms with Crippen molar-refractivity contribution in [3.63, 3.8) is 0 Å². The summed E-state index contributed by atoms with van der Waals surface area (Å²) in [5, 5.41) is 11.4. The Morgan fingerprint density at radius 3 is 2.51 bits per heavy atom. The van der Waals surface area contributed by atoms with Crippen LogP contribution < -0.4 is 15.0 Å². The number of carbonyl (C=O) groups excluding carboxylic acids is 2. The standard InChI is InChI=1S/C29H37N5O5/c1-18(2)38-29(36)34-11-9-33(10-12-34)25-16-20(5-6-23(25)28(35)30-4)21-15-24-27(19(3)31-32-24)26(17-21)39-22-7-13-37-14-8-22/h5-6,15-18,22H,7-14H2,1-4H3,(H,30,35)(H,31,32). The SMILES string of the molecule is CNC(=O)c1ccc(-c2cc(OC3CCOCC3)c3c(C)[nH]nc3c2)cc1N1CCN(C(=O)OC(C)C)CC1. The second kappa shape index (κ2) is 11.5. The van der Waals surface area contributed by atoms with Gasteiger partial charge in [-0.25, -0.2) is 4.79 Å². The summed E-state index contributed by atoms with van der Waals surface area (Å²) in [6.45, 7) is 9.31. The number of carbonyl (C=O) groups is 2. The zero-order valence-corrected chi connectivity index (χ0v) is 23.1. The number of hydrogen-bond donors (Lipinski definition) is 2. The van der Waals surface area contributed by atoms with E-state index in [1.807, 2.05) is 45.0 Å². The number of ether oxygens (including phenoxy) is 3. The number of piperazine rings is 1. The summed E-state index contributed by atoms with van der Waals surface area (Å²) in [5.74, 6) is 0.648. The fraction of sp³-hybridized carbons (Fsp3) is 0.483. The van der Waals surface area contributed by atoms with Crippen molar-refractivity contribution < 1.29 is 23.8 Å². The van der Waals surface area contributed by atoms with Crippen molar-refractivity contribution in [1.29, 1.82) is 0 Å². The number of fused-ring (bicyclic) bond motifs is 1. The average molecular weight is 536 g/mol. The summed E-state index contributed by atoms with van der Waals surface area (Å²) < 4.78 is 17.4. The van der Waals surface area contributed by atoms with E-state index in [0.717, 1.165) is 52.0 Å². The normalized spacial score (nSPS) is 16.5. The molecule has 0 bridgehead atoms. The zero-order chi connectivity index (χ0) is 27.5. The number of aromatic nitrogens is 2. The first-order chi connectivity index (χ1) is 18.8. The molecule has 0 atom stereocenters. The summed E-state index contributed by atoms with van der Waals surface area (Å²) in [7, 11) is 1.63. The molecule has 5 rings (SSSR count). The summed E-state index contributed by atoms with van der Waals surface area (Å²) in [6, 6.07) is 9.99. The van der Waals surface area contributed by atoms with E-state index in [1.165, 1.54) is 0 Å². The fourth-order valence-electron chi connectivity index (χ4n) is 5.20. The zero-order valence-electron chi connectivity index (χ0n) is 23.1. The number of nitrogens with zero attached hydrogens (tertiary/aromatic N) is 3. The van der Waals surface area contributed by atoms with Gasteiger partial charge < -0.3 is 29.3 Å². The number of anilines is 1. The second-order valence-corrected chi connectivity index (χ2v) is 10.4. The molecule has 0 aliphatic carbocycles. The van der Waals surface area contributed by atoms with E-state index in [2.05, 4.69) is 26.5 Å². The third kappa shape index (κ3) is 5.80. The van der Waals surface area contributed by atoms with E-state index in [0.29, 0.717) is 45.0 Å². The lowest BCUT2D eigenvalue weighted by Gasteiger charge is -2.36. The molecule has 1 aromatic heterocycles. The van der Waals surface area contributed by atoms with Crippen LogP contribution in [0.3, 0.4) is 0 Å². The average Bonchev–Trinajstić information content (AvgIpc) is 3.33. The molecule has 39 heavy (non-hydrogen) atoms. The topological polar surface area (TPSA) is 109 Å². The molecule has 2 aromatic carbocycles. The third-order valence-corrected chi connectivity index (χ3v) is 7.28. The summed E-state index contributed by atoms with van der Waals surface area (Å²) in [5.41, 5.74) is 5.13. The molecule has 10 heteroatoms. The number of aromatic amines is 1. The van der Waals surface area contributed by atoms with Crippen molar-refractivity contribution in [3.05, 3.63) is 41.6 Å². The van der Waals surface area contributed by atoms with Gasteiger partial charge in [0.25, 0.3) is 5.91 Å². The molecule has 2 aliphatic heterocycles. The number of hydrogen-bond acceptors (Lipinski definition) is 7. The Morgan fingerprint density at radius 2 is 1.82 bits per heavy atom. The van der Waals surface area contributed by atoms with Gasteiger partial charge in [-0.05, 0) is 56.2 Å². The molecule has 0 spiro atoms. The van der Waals surface area contributed by atoms with Gasteiger partial charge in [0.15, 0.2) is 0 Å². The van der Waals surface area contributed by atoms with Crippen LogP contribution in [0.5, 0.6) is 5.75 Å². The minimum atomic E-state index is -0.301. The van der Waals surface area contributed by atoms with Crippen molar-refractivity contribution in [2.75, 3.05) is 51.3 Å². The molecule has 0 unspecified atom stereocenters. The highest BCUT2D eigenvalue weighted by atomic mass is 16.6. The largest absolute Gasteiger partial charge is 0.489 e. The van der Waals surface area contributed by atoms with Gasteiger partial charge in [-0.15, -0.1) is 0 Å². The van der Waals surface area contributed by atoms with E-state index < -0.39 is 0 Å². The highest BCUT2D eigenvalue weighted by Gasteiger charge is 2.26. The molecule has 3 aromatic rings. The van der Waals surface area contributed by atoms with Crippen molar-refractivity contribution in [3.8, 4) is 16.9 Å². The molecular weight excluding hydrogens is 498 g/mol.